The molecule has 20 heavy (non-hydrogen) atoms. The van der Waals surface area contributed by atoms with Crippen molar-refractivity contribution in [3.05, 3.63) is 41.7 Å². The number of halogens is 3. The number of aromatic nitrogens is 2. The number of H-pyrrole nitrogens is 1. The standard InChI is InChI=1S/C11H10F3N3O2S/c1-7-10(6-15-16-7)20(18,19)17-9-4-2-8(3-5-9)11(12,13)14/h2-6,17H,1H3,(H,15,16). The van der Waals surface area contributed by atoms with Crippen molar-refractivity contribution in [3.8, 4) is 0 Å². The highest BCUT2D eigenvalue weighted by molar-refractivity contribution is 7.92. The van der Waals surface area contributed by atoms with Gasteiger partial charge in [0.05, 0.1) is 17.5 Å². The molecule has 0 unspecified atom stereocenters. The first-order valence-electron chi connectivity index (χ1n) is 5.40. The fourth-order valence-corrected chi connectivity index (χ4v) is 2.74. The van der Waals surface area contributed by atoms with E-state index in [2.05, 4.69) is 14.9 Å². The van der Waals surface area contributed by atoms with Crippen molar-refractivity contribution >= 4 is 15.7 Å². The zero-order valence-electron chi connectivity index (χ0n) is 10.2. The Balaban J connectivity index is 2.25. The maximum atomic E-state index is 12.4. The van der Waals surface area contributed by atoms with Crippen LogP contribution in [0.25, 0.3) is 0 Å². The molecular formula is C11H10F3N3O2S. The van der Waals surface area contributed by atoms with Crippen LogP contribution >= 0.6 is 0 Å². The smallest absolute Gasteiger partial charge is 0.281 e. The van der Waals surface area contributed by atoms with Crippen LogP contribution in [0.5, 0.6) is 0 Å². The summed E-state index contributed by atoms with van der Waals surface area (Å²) in [5.41, 5.74) is -0.469. The van der Waals surface area contributed by atoms with E-state index in [-0.39, 0.29) is 10.6 Å². The van der Waals surface area contributed by atoms with Crippen molar-refractivity contribution in [2.24, 2.45) is 0 Å². The van der Waals surface area contributed by atoms with Gasteiger partial charge in [0.15, 0.2) is 0 Å². The Bertz CT molecular complexity index is 705. The summed E-state index contributed by atoms with van der Waals surface area (Å²) in [6.45, 7) is 1.52. The van der Waals surface area contributed by atoms with Crippen LogP contribution in [0.2, 0.25) is 0 Å². The zero-order chi connectivity index (χ0) is 15.0. The van der Waals surface area contributed by atoms with Gasteiger partial charge in [-0.2, -0.15) is 18.3 Å². The van der Waals surface area contributed by atoms with Gasteiger partial charge in [-0.25, -0.2) is 8.42 Å². The molecule has 0 aliphatic rings. The number of nitrogens with one attached hydrogen (secondary N) is 2. The van der Waals surface area contributed by atoms with Gasteiger partial charge in [0.25, 0.3) is 10.0 Å². The molecule has 5 nitrogen and oxygen atoms in total. The molecule has 2 N–H and O–H groups in total. The molecule has 0 radical (unpaired) electrons. The number of benzene rings is 1. The van der Waals surface area contributed by atoms with Crippen molar-refractivity contribution in [1.82, 2.24) is 10.2 Å². The molecule has 2 rings (SSSR count). The monoisotopic (exact) mass is 305 g/mol. The number of anilines is 1. The van der Waals surface area contributed by atoms with Crippen molar-refractivity contribution in [1.29, 1.82) is 0 Å². The molecule has 0 amide bonds. The molecule has 108 valence electrons. The maximum absolute atomic E-state index is 12.4. The SMILES string of the molecule is Cc1[nH]ncc1S(=O)(=O)Nc1ccc(C(F)(F)F)cc1. The number of sulfonamides is 1. The second kappa shape index (κ2) is 4.82. The second-order valence-electron chi connectivity index (χ2n) is 4.04. The Hall–Kier alpha value is -2.03. The van der Waals surface area contributed by atoms with Crippen molar-refractivity contribution in [2.45, 2.75) is 18.0 Å². The molecule has 1 aromatic carbocycles. The van der Waals surface area contributed by atoms with Crippen LogP contribution in [0.3, 0.4) is 0 Å². The Kier molecular flexibility index (Phi) is 3.46. The molecule has 0 aliphatic carbocycles. The number of hydrogen-bond acceptors (Lipinski definition) is 3. The molecule has 0 aliphatic heterocycles. The molecule has 1 aromatic heterocycles. The van der Waals surface area contributed by atoms with Crippen LogP contribution < -0.4 is 4.72 Å². The van der Waals surface area contributed by atoms with Gasteiger partial charge in [-0.1, -0.05) is 0 Å². The first kappa shape index (κ1) is 14.4. The molecule has 0 spiro atoms. The van der Waals surface area contributed by atoms with Crippen molar-refractivity contribution in [2.75, 3.05) is 4.72 Å². The summed E-state index contributed by atoms with van der Waals surface area (Å²) >= 11 is 0. The van der Waals surface area contributed by atoms with Gasteiger partial charge < -0.3 is 0 Å². The summed E-state index contributed by atoms with van der Waals surface area (Å²) < 4.78 is 63.3. The van der Waals surface area contributed by atoms with Crippen LogP contribution in [-0.4, -0.2) is 18.6 Å². The van der Waals surface area contributed by atoms with E-state index in [1.165, 1.54) is 6.92 Å². The average molecular weight is 305 g/mol. The van der Waals surface area contributed by atoms with Gasteiger partial charge in [-0.3, -0.25) is 9.82 Å². The lowest BCUT2D eigenvalue weighted by Crippen LogP contribution is -2.13. The van der Waals surface area contributed by atoms with Crippen LogP contribution in [0.4, 0.5) is 18.9 Å². The van der Waals surface area contributed by atoms with Gasteiger partial charge in [0, 0.05) is 5.69 Å². The molecule has 9 heteroatoms. The number of alkyl halides is 3. The maximum Gasteiger partial charge on any atom is 0.416 e. The number of aryl methyl sites for hydroxylation is 1. The molecule has 0 bridgehead atoms. The Labute approximate surface area is 112 Å². The highest BCUT2D eigenvalue weighted by Gasteiger charge is 2.30. The lowest BCUT2D eigenvalue weighted by Gasteiger charge is -2.09. The quantitative estimate of drug-likeness (QED) is 0.915. The molecule has 0 fully saturated rings. The summed E-state index contributed by atoms with van der Waals surface area (Å²) in [6, 6.07) is 3.71. The third kappa shape index (κ3) is 2.93. The first-order valence-corrected chi connectivity index (χ1v) is 6.88. The Morgan fingerprint density at radius 2 is 1.80 bits per heavy atom. The molecule has 0 atom stereocenters. The highest BCUT2D eigenvalue weighted by atomic mass is 32.2. The fraction of sp³-hybridized carbons (Fsp3) is 0.182. The summed E-state index contributed by atoms with van der Waals surface area (Å²) in [7, 11) is -3.87. The van der Waals surface area contributed by atoms with Gasteiger partial charge in [0.2, 0.25) is 0 Å². The number of nitrogens with zero attached hydrogens (tertiary/aromatic N) is 1. The van der Waals surface area contributed by atoms with Crippen LogP contribution in [0.15, 0.2) is 35.4 Å². The first-order chi connectivity index (χ1) is 9.20. The van der Waals surface area contributed by atoms with E-state index in [0.717, 1.165) is 30.5 Å². The minimum atomic E-state index is -4.46. The predicted octanol–water partition coefficient (Wildman–Crippen LogP) is 2.54. The van der Waals surface area contributed by atoms with Crippen LogP contribution in [-0.2, 0) is 16.2 Å². The molecule has 0 saturated heterocycles. The van der Waals surface area contributed by atoms with Gasteiger partial charge in [-0.15, -0.1) is 0 Å². The third-order valence-corrected chi connectivity index (χ3v) is 4.03. The van der Waals surface area contributed by atoms with E-state index in [9.17, 15) is 21.6 Å². The van der Waals surface area contributed by atoms with E-state index < -0.39 is 21.8 Å². The summed E-state index contributed by atoms with van der Waals surface area (Å²) in [6.07, 6.45) is -3.33. The minimum Gasteiger partial charge on any atom is -0.281 e. The largest absolute Gasteiger partial charge is 0.416 e. The van der Waals surface area contributed by atoms with Gasteiger partial charge in [-0.05, 0) is 31.2 Å². The van der Waals surface area contributed by atoms with E-state index in [1.54, 1.807) is 0 Å². The molecule has 1 heterocycles. The fourth-order valence-electron chi connectivity index (χ4n) is 1.55. The lowest BCUT2D eigenvalue weighted by atomic mass is 10.2. The second-order valence-corrected chi connectivity index (χ2v) is 5.69. The van der Waals surface area contributed by atoms with E-state index in [4.69, 9.17) is 0 Å². The van der Waals surface area contributed by atoms with Gasteiger partial charge >= 0.3 is 6.18 Å². The summed E-state index contributed by atoms with van der Waals surface area (Å²) in [5.74, 6) is 0. The van der Waals surface area contributed by atoms with Crippen LogP contribution in [0, 0.1) is 6.92 Å². The number of aromatic amines is 1. The molecule has 2 aromatic rings. The Morgan fingerprint density at radius 3 is 2.25 bits per heavy atom. The minimum absolute atomic E-state index is 0.0404. The molecule has 0 saturated carbocycles. The highest BCUT2D eigenvalue weighted by Crippen LogP contribution is 2.30. The normalized spacial score (nSPS) is 12.4. The zero-order valence-corrected chi connectivity index (χ0v) is 11.0. The summed E-state index contributed by atoms with van der Waals surface area (Å²) in [4.78, 5) is -0.0580. The number of hydrogen-bond donors (Lipinski definition) is 2. The summed E-state index contributed by atoms with van der Waals surface area (Å²) in [5, 5.41) is 6.05. The Morgan fingerprint density at radius 1 is 1.20 bits per heavy atom. The topological polar surface area (TPSA) is 74.8 Å². The number of rotatable bonds is 3. The van der Waals surface area contributed by atoms with Crippen molar-refractivity contribution < 1.29 is 21.6 Å². The molecular weight excluding hydrogens is 295 g/mol. The average Bonchev–Trinajstić information content (AvgIpc) is 2.75. The van der Waals surface area contributed by atoms with E-state index in [0.29, 0.717) is 5.69 Å². The lowest BCUT2D eigenvalue weighted by molar-refractivity contribution is -0.137. The third-order valence-electron chi connectivity index (χ3n) is 2.54. The van der Waals surface area contributed by atoms with E-state index >= 15 is 0 Å². The van der Waals surface area contributed by atoms with Crippen molar-refractivity contribution in [3.63, 3.8) is 0 Å². The van der Waals surface area contributed by atoms with Crippen LogP contribution in [0.1, 0.15) is 11.3 Å². The van der Waals surface area contributed by atoms with Gasteiger partial charge in [0.1, 0.15) is 4.90 Å². The van der Waals surface area contributed by atoms with E-state index in [1.807, 2.05) is 0 Å². The predicted molar refractivity (Wildman–Crippen MR) is 65.6 cm³/mol.